The van der Waals surface area contributed by atoms with E-state index in [9.17, 15) is 15.0 Å². The zero-order chi connectivity index (χ0) is 28.2. The number of rotatable bonds is 8. The second kappa shape index (κ2) is 11.3. The van der Waals surface area contributed by atoms with E-state index in [-0.39, 0.29) is 41.5 Å². The lowest BCUT2D eigenvalue weighted by molar-refractivity contribution is 0.104. The fraction of sp³-hybridized carbons (Fsp3) is 0.133. The molecule has 0 saturated heterocycles. The van der Waals surface area contributed by atoms with E-state index in [0.29, 0.717) is 17.5 Å². The van der Waals surface area contributed by atoms with Crippen molar-refractivity contribution in [1.82, 2.24) is 15.0 Å². The van der Waals surface area contributed by atoms with E-state index in [1.165, 1.54) is 19.4 Å². The van der Waals surface area contributed by atoms with E-state index < -0.39 is 5.78 Å². The number of hydrogen-bond acceptors (Lipinski definition) is 10. The van der Waals surface area contributed by atoms with Crippen LogP contribution in [-0.2, 0) is 13.0 Å². The lowest BCUT2D eigenvalue weighted by Gasteiger charge is -2.31. The van der Waals surface area contributed by atoms with Crippen molar-refractivity contribution in [2.24, 2.45) is 5.10 Å². The highest BCUT2D eigenvalue weighted by molar-refractivity contribution is 6.07. The third kappa shape index (κ3) is 5.33. The summed E-state index contributed by atoms with van der Waals surface area (Å²) in [6, 6.07) is 18.4. The van der Waals surface area contributed by atoms with Crippen molar-refractivity contribution in [3.63, 3.8) is 0 Å². The molecule has 4 aromatic rings. The molecule has 1 aliphatic rings. The SMILES string of the molecule is COc1cc(Cc2cnc(N)nc2N)cc(C(=O)/C=C/N2N=Cc3ccccc3C2c2ccc(CO)cc2)c1O. The van der Waals surface area contributed by atoms with Crippen LogP contribution in [0.3, 0.4) is 0 Å². The Balaban J connectivity index is 1.47. The molecule has 0 aliphatic carbocycles. The zero-order valence-electron chi connectivity index (χ0n) is 21.7. The molecule has 0 bridgehead atoms. The molecule has 1 aromatic heterocycles. The van der Waals surface area contributed by atoms with Crippen LogP contribution in [0.25, 0.3) is 0 Å². The molecule has 10 nitrogen and oxygen atoms in total. The summed E-state index contributed by atoms with van der Waals surface area (Å²) in [4.78, 5) is 21.4. The average molecular weight is 537 g/mol. The minimum atomic E-state index is -0.442. The molecule has 6 N–H and O–H groups in total. The molecule has 3 aromatic carbocycles. The number of nitrogens with two attached hydrogens (primary N) is 2. The maximum atomic E-state index is 13.4. The number of phenols is 1. The molecule has 0 saturated carbocycles. The monoisotopic (exact) mass is 536 g/mol. The number of nitrogens with zero attached hydrogens (tertiary/aromatic N) is 4. The third-order valence-electron chi connectivity index (χ3n) is 6.67. The molecule has 2 heterocycles. The first-order valence-corrected chi connectivity index (χ1v) is 12.5. The summed E-state index contributed by atoms with van der Waals surface area (Å²) in [6.07, 6.45) is 6.51. The second-order valence-electron chi connectivity index (χ2n) is 9.25. The van der Waals surface area contributed by atoms with Crippen LogP contribution in [0, 0.1) is 0 Å². The Labute approximate surface area is 230 Å². The maximum Gasteiger partial charge on any atom is 0.221 e. The van der Waals surface area contributed by atoms with E-state index in [2.05, 4.69) is 15.1 Å². The molecular weight excluding hydrogens is 508 g/mol. The number of aromatic hydroxyl groups is 1. The van der Waals surface area contributed by atoms with Gasteiger partial charge in [-0.25, -0.2) is 4.98 Å². The summed E-state index contributed by atoms with van der Waals surface area (Å²) in [7, 11) is 1.41. The van der Waals surface area contributed by atoms with Crippen molar-refractivity contribution in [3.05, 3.63) is 118 Å². The first kappa shape index (κ1) is 26.4. The Morgan fingerprint density at radius 3 is 2.60 bits per heavy atom. The number of aliphatic hydroxyl groups is 1. The number of ketones is 1. The number of fused-ring (bicyclic) bond motifs is 1. The lowest BCUT2D eigenvalue weighted by Crippen LogP contribution is -2.25. The molecular formula is C30H28N6O4. The predicted molar refractivity (Wildman–Crippen MR) is 152 cm³/mol. The number of methoxy groups -OCH3 is 1. The van der Waals surface area contributed by atoms with Crippen LogP contribution in [0.5, 0.6) is 11.5 Å². The van der Waals surface area contributed by atoms with Gasteiger partial charge in [0.15, 0.2) is 17.3 Å². The van der Waals surface area contributed by atoms with Crippen molar-refractivity contribution in [1.29, 1.82) is 0 Å². The number of ether oxygens (including phenoxy) is 1. The lowest BCUT2D eigenvalue weighted by atomic mass is 9.93. The number of hydrazone groups is 1. The first-order valence-electron chi connectivity index (χ1n) is 12.5. The first-order chi connectivity index (χ1) is 19.4. The van der Waals surface area contributed by atoms with Gasteiger partial charge in [0.25, 0.3) is 0 Å². The molecule has 1 aliphatic heterocycles. The molecule has 0 radical (unpaired) electrons. The molecule has 1 atom stereocenters. The number of nitrogen functional groups attached to an aromatic ring is 2. The Kier molecular flexibility index (Phi) is 7.43. The van der Waals surface area contributed by atoms with Crippen molar-refractivity contribution in [3.8, 4) is 11.5 Å². The Hall–Kier alpha value is -5.22. The van der Waals surface area contributed by atoms with E-state index in [4.69, 9.17) is 16.2 Å². The number of aromatic nitrogens is 2. The van der Waals surface area contributed by atoms with Crippen molar-refractivity contribution in [2.45, 2.75) is 19.1 Å². The van der Waals surface area contributed by atoms with Gasteiger partial charge in [-0.15, -0.1) is 0 Å². The number of aliphatic hydroxyl groups excluding tert-OH is 1. The highest BCUT2D eigenvalue weighted by Gasteiger charge is 2.26. The number of hydrogen-bond donors (Lipinski definition) is 4. The maximum absolute atomic E-state index is 13.4. The normalized spacial score (nSPS) is 14.3. The predicted octanol–water partition coefficient (Wildman–Crippen LogP) is 3.57. The van der Waals surface area contributed by atoms with E-state index in [0.717, 1.165) is 22.3 Å². The zero-order valence-corrected chi connectivity index (χ0v) is 21.7. The average Bonchev–Trinajstić information content (AvgIpc) is 2.97. The van der Waals surface area contributed by atoms with Gasteiger partial charge in [0.2, 0.25) is 5.95 Å². The third-order valence-corrected chi connectivity index (χ3v) is 6.67. The van der Waals surface area contributed by atoms with Gasteiger partial charge >= 0.3 is 0 Å². The van der Waals surface area contributed by atoms with Gasteiger partial charge in [-0.05, 0) is 34.4 Å². The minimum absolute atomic E-state index is 0.0538. The number of carbonyl (C=O) groups excluding carboxylic acids is 1. The van der Waals surface area contributed by atoms with Crippen LogP contribution in [0.2, 0.25) is 0 Å². The minimum Gasteiger partial charge on any atom is -0.504 e. The standard InChI is InChI=1S/C30H28N6O4/c1-40-26-14-19(12-22-15-33-30(32)35-29(22)31)13-24(28(26)39)25(38)10-11-36-27(20-8-6-18(17-37)7-9-20)23-5-3-2-4-21(23)16-34-36/h2-11,13-16,27,37,39H,12,17H2,1H3,(H4,31,32,33,35)/b11-10+. The van der Waals surface area contributed by atoms with Crippen molar-refractivity contribution >= 4 is 23.8 Å². The van der Waals surface area contributed by atoms with Gasteiger partial charge in [-0.2, -0.15) is 10.1 Å². The molecule has 202 valence electrons. The molecule has 10 heteroatoms. The summed E-state index contributed by atoms with van der Waals surface area (Å²) < 4.78 is 5.33. The van der Waals surface area contributed by atoms with Crippen molar-refractivity contribution in [2.75, 3.05) is 18.6 Å². The van der Waals surface area contributed by atoms with Gasteiger partial charge in [0.1, 0.15) is 11.9 Å². The van der Waals surface area contributed by atoms with E-state index in [1.54, 1.807) is 29.6 Å². The van der Waals surface area contributed by atoms with Crippen LogP contribution in [0.4, 0.5) is 11.8 Å². The van der Waals surface area contributed by atoms with Gasteiger partial charge in [-0.1, -0.05) is 48.5 Å². The number of anilines is 2. The topological polar surface area (TPSA) is 160 Å². The fourth-order valence-electron chi connectivity index (χ4n) is 4.61. The number of carbonyl (C=O) groups is 1. The van der Waals surface area contributed by atoms with Crippen LogP contribution in [0.1, 0.15) is 49.8 Å². The smallest absolute Gasteiger partial charge is 0.221 e. The van der Waals surface area contributed by atoms with Crippen molar-refractivity contribution < 1.29 is 19.7 Å². The molecule has 1 unspecified atom stereocenters. The number of benzene rings is 3. The number of allylic oxidation sites excluding steroid dienone is 1. The van der Waals surface area contributed by atoms with Gasteiger partial charge in [-0.3, -0.25) is 9.80 Å². The highest BCUT2D eigenvalue weighted by atomic mass is 16.5. The van der Waals surface area contributed by atoms with Gasteiger partial charge < -0.3 is 26.4 Å². The molecule has 5 rings (SSSR count). The summed E-state index contributed by atoms with van der Waals surface area (Å²) >= 11 is 0. The molecule has 0 spiro atoms. The summed E-state index contributed by atoms with van der Waals surface area (Å²) in [6.45, 7) is -0.0538. The van der Waals surface area contributed by atoms with Crippen LogP contribution in [-0.4, -0.2) is 44.3 Å². The molecule has 0 amide bonds. The molecule has 0 fully saturated rings. The highest BCUT2D eigenvalue weighted by Crippen LogP contribution is 2.36. The summed E-state index contributed by atoms with van der Waals surface area (Å²) in [5, 5.41) is 26.5. The van der Waals surface area contributed by atoms with Gasteiger partial charge in [0.05, 0.1) is 25.5 Å². The van der Waals surface area contributed by atoms with E-state index in [1.807, 2.05) is 48.5 Å². The van der Waals surface area contributed by atoms with Crippen LogP contribution < -0.4 is 16.2 Å². The summed E-state index contributed by atoms with van der Waals surface area (Å²) in [5.41, 5.74) is 16.6. The van der Waals surface area contributed by atoms with Crippen LogP contribution >= 0.6 is 0 Å². The summed E-state index contributed by atoms with van der Waals surface area (Å²) in [5.74, 6) is -0.269. The van der Waals surface area contributed by atoms with E-state index >= 15 is 0 Å². The number of phenolic OH excluding ortho intramolecular Hbond substituents is 1. The second-order valence-corrected chi connectivity index (χ2v) is 9.25. The Morgan fingerprint density at radius 2 is 1.88 bits per heavy atom. The molecule has 40 heavy (non-hydrogen) atoms. The fourth-order valence-corrected chi connectivity index (χ4v) is 4.61. The quantitative estimate of drug-likeness (QED) is 0.195. The van der Waals surface area contributed by atoms with Crippen LogP contribution in [0.15, 0.2) is 84.2 Å². The Bertz CT molecular complexity index is 1620. The van der Waals surface area contributed by atoms with Gasteiger partial charge in [0, 0.05) is 36.0 Å². The largest absolute Gasteiger partial charge is 0.504 e. The Morgan fingerprint density at radius 1 is 1.10 bits per heavy atom.